The Morgan fingerprint density at radius 1 is 0.388 bits per heavy atom. The van der Waals surface area contributed by atoms with E-state index in [0.29, 0.717) is 0 Å². The Labute approximate surface area is 286 Å². The molecule has 0 aliphatic heterocycles. The van der Waals surface area contributed by atoms with E-state index >= 15 is 0 Å². The van der Waals surface area contributed by atoms with E-state index in [4.69, 9.17) is 15.0 Å². The third kappa shape index (κ3) is 4.74. The van der Waals surface area contributed by atoms with Crippen LogP contribution in [0.25, 0.3) is 97.6 Å². The molecule has 5 aromatic carbocycles. The van der Waals surface area contributed by atoms with Gasteiger partial charge in [0.2, 0.25) is 0 Å². The minimum atomic E-state index is 0.900. The second kappa shape index (κ2) is 11.2. The van der Waals surface area contributed by atoms with Crippen molar-refractivity contribution >= 4 is 64.2 Å². The number of para-hydroxylation sites is 1. The van der Waals surface area contributed by atoms with Crippen LogP contribution in [0.1, 0.15) is 0 Å². The number of aromatic nitrogens is 4. The van der Waals surface area contributed by atoms with Crippen LogP contribution in [-0.4, -0.2) is 19.9 Å². The van der Waals surface area contributed by atoms with Crippen molar-refractivity contribution < 1.29 is 0 Å². The first kappa shape index (κ1) is 27.8. The Morgan fingerprint density at radius 3 is 1.94 bits per heavy atom. The molecule has 4 nitrogen and oxygen atoms in total. The molecule has 0 unspecified atom stereocenters. The van der Waals surface area contributed by atoms with Crippen molar-refractivity contribution in [3.63, 3.8) is 0 Å². The monoisotopic (exact) mass is 642 g/mol. The molecule has 0 aliphatic carbocycles. The summed E-state index contributed by atoms with van der Waals surface area (Å²) < 4.78 is 2.56. The Kier molecular flexibility index (Phi) is 6.32. The first-order chi connectivity index (χ1) is 24.2. The van der Waals surface area contributed by atoms with Crippen molar-refractivity contribution in [1.29, 1.82) is 0 Å². The van der Waals surface area contributed by atoms with Gasteiger partial charge in [-0.2, -0.15) is 0 Å². The van der Waals surface area contributed by atoms with Crippen molar-refractivity contribution in [3.8, 4) is 44.8 Å². The molecular formula is C44H26N4S. The predicted octanol–water partition coefficient (Wildman–Crippen LogP) is 11.8. The SMILES string of the molecule is c1cnc2c(-c3cc(-c4ccc(-c5cnc6c(ccc7cccnc76)c5)cc4)cc(-c4ccc5c(c4)sc4ccccc45)n3)cccc2c1. The van der Waals surface area contributed by atoms with E-state index in [0.717, 1.165) is 77.5 Å². The van der Waals surface area contributed by atoms with Gasteiger partial charge in [0, 0.05) is 71.6 Å². The summed E-state index contributed by atoms with van der Waals surface area (Å²) in [5.74, 6) is 0. The zero-order valence-electron chi connectivity index (χ0n) is 26.2. The fourth-order valence-corrected chi connectivity index (χ4v) is 8.07. The quantitative estimate of drug-likeness (QED) is 0.179. The summed E-state index contributed by atoms with van der Waals surface area (Å²) in [6.07, 6.45) is 5.63. The number of fused-ring (bicyclic) bond motifs is 7. The van der Waals surface area contributed by atoms with E-state index in [1.54, 1.807) is 0 Å². The molecule has 228 valence electrons. The van der Waals surface area contributed by atoms with Crippen LogP contribution in [0.3, 0.4) is 0 Å². The zero-order chi connectivity index (χ0) is 32.3. The number of hydrogen-bond acceptors (Lipinski definition) is 5. The van der Waals surface area contributed by atoms with Crippen LogP contribution < -0.4 is 0 Å². The smallest absolute Gasteiger partial charge is 0.0964 e. The molecule has 5 heterocycles. The standard InChI is InChI=1S/C44H26N4S/c1-2-11-40-35(9-1)36-19-18-31(25-41(36)49-40)38-23-33(24-39(48-38)37-10-3-6-29-7-4-20-45-42(29)37)27-12-14-28(15-13-27)34-22-32-17-16-30-8-5-21-46-43(30)44(32)47-26-34/h1-26H. The summed E-state index contributed by atoms with van der Waals surface area (Å²) in [5.41, 5.74) is 11.2. The first-order valence-electron chi connectivity index (χ1n) is 16.3. The number of hydrogen-bond donors (Lipinski definition) is 0. The lowest BCUT2D eigenvalue weighted by molar-refractivity contribution is 1.32. The molecule has 0 radical (unpaired) electrons. The number of nitrogens with zero attached hydrogens (tertiary/aromatic N) is 4. The molecule has 0 spiro atoms. The summed E-state index contributed by atoms with van der Waals surface area (Å²) >= 11 is 1.83. The zero-order valence-corrected chi connectivity index (χ0v) is 27.0. The second-order valence-electron chi connectivity index (χ2n) is 12.3. The van der Waals surface area contributed by atoms with Gasteiger partial charge >= 0.3 is 0 Å². The van der Waals surface area contributed by atoms with Gasteiger partial charge in [-0.3, -0.25) is 15.0 Å². The highest BCUT2D eigenvalue weighted by Crippen LogP contribution is 2.38. The van der Waals surface area contributed by atoms with Gasteiger partial charge < -0.3 is 0 Å². The van der Waals surface area contributed by atoms with Crippen molar-refractivity contribution in [2.75, 3.05) is 0 Å². The van der Waals surface area contributed by atoms with Crippen LogP contribution in [0.2, 0.25) is 0 Å². The van der Waals surface area contributed by atoms with Gasteiger partial charge in [-0.1, -0.05) is 97.1 Å². The van der Waals surface area contributed by atoms with Crippen LogP contribution in [0.5, 0.6) is 0 Å². The summed E-state index contributed by atoms with van der Waals surface area (Å²) in [6.45, 7) is 0. The molecular weight excluding hydrogens is 617 g/mol. The Morgan fingerprint density at radius 2 is 1.06 bits per heavy atom. The average Bonchev–Trinajstić information content (AvgIpc) is 3.55. The van der Waals surface area contributed by atoms with Gasteiger partial charge in [-0.15, -0.1) is 11.3 Å². The lowest BCUT2D eigenvalue weighted by Gasteiger charge is -2.12. The topological polar surface area (TPSA) is 51.6 Å². The molecule has 0 atom stereocenters. The van der Waals surface area contributed by atoms with E-state index < -0.39 is 0 Å². The third-order valence-corrected chi connectivity index (χ3v) is 10.5. The predicted molar refractivity (Wildman–Crippen MR) is 205 cm³/mol. The van der Waals surface area contributed by atoms with Gasteiger partial charge in [0.05, 0.1) is 27.9 Å². The fourth-order valence-electron chi connectivity index (χ4n) is 6.93. The molecule has 0 amide bonds. The number of benzene rings is 5. The van der Waals surface area contributed by atoms with Crippen LogP contribution in [0, 0.1) is 0 Å². The molecule has 0 aliphatic rings. The Bertz CT molecular complexity index is 2890. The molecule has 49 heavy (non-hydrogen) atoms. The largest absolute Gasteiger partial charge is 0.256 e. The van der Waals surface area contributed by atoms with E-state index in [-0.39, 0.29) is 0 Å². The molecule has 5 aromatic heterocycles. The molecule has 0 bridgehead atoms. The highest BCUT2D eigenvalue weighted by molar-refractivity contribution is 7.25. The highest BCUT2D eigenvalue weighted by atomic mass is 32.1. The van der Waals surface area contributed by atoms with E-state index in [1.165, 1.54) is 20.2 Å². The van der Waals surface area contributed by atoms with Gasteiger partial charge in [0.15, 0.2) is 0 Å². The maximum absolute atomic E-state index is 5.28. The molecule has 0 N–H and O–H groups in total. The van der Waals surface area contributed by atoms with Crippen molar-refractivity contribution in [2.24, 2.45) is 0 Å². The highest BCUT2D eigenvalue weighted by Gasteiger charge is 2.14. The van der Waals surface area contributed by atoms with E-state index in [1.807, 2.05) is 42.1 Å². The molecule has 10 aromatic rings. The lowest BCUT2D eigenvalue weighted by atomic mass is 9.97. The number of pyridine rings is 4. The molecule has 0 saturated carbocycles. The minimum Gasteiger partial charge on any atom is -0.256 e. The first-order valence-corrected chi connectivity index (χ1v) is 17.1. The van der Waals surface area contributed by atoms with E-state index in [9.17, 15) is 0 Å². The third-order valence-electron chi connectivity index (χ3n) is 9.38. The molecule has 10 rings (SSSR count). The van der Waals surface area contributed by atoms with Crippen LogP contribution in [0.4, 0.5) is 0 Å². The van der Waals surface area contributed by atoms with Crippen LogP contribution in [0.15, 0.2) is 158 Å². The average molecular weight is 643 g/mol. The normalized spacial score (nSPS) is 11.7. The van der Waals surface area contributed by atoms with Crippen LogP contribution in [-0.2, 0) is 0 Å². The van der Waals surface area contributed by atoms with E-state index in [2.05, 4.69) is 132 Å². The van der Waals surface area contributed by atoms with Gasteiger partial charge in [-0.05, 0) is 59.2 Å². The van der Waals surface area contributed by atoms with Crippen LogP contribution >= 0.6 is 11.3 Å². The van der Waals surface area contributed by atoms with Gasteiger partial charge in [0.1, 0.15) is 0 Å². The summed E-state index contributed by atoms with van der Waals surface area (Å²) in [5, 5.41) is 5.85. The molecule has 0 fully saturated rings. The number of rotatable bonds is 4. The lowest BCUT2D eigenvalue weighted by Crippen LogP contribution is -1.93. The van der Waals surface area contributed by atoms with Crippen molar-refractivity contribution in [2.45, 2.75) is 0 Å². The maximum atomic E-state index is 5.28. The van der Waals surface area contributed by atoms with Crippen molar-refractivity contribution in [1.82, 2.24) is 19.9 Å². The maximum Gasteiger partial charge on any atom is 0.0964 e. The Balaban J connectivity index is 1.10. The number of thiophene rings is 1. The van der Waals surface area contributed by atoms with Gasteiger partial charge in [-0.25, -0.2) is 4.98 Å². The summed E-state index contributed by atoms with van der Waals surface area (Å²) in [4.78, 5) is 19.5. The minimum absolute atomic E-state index is 0.900. The summed E-state index contributed by atoms with van der Waals surface area (Å²) in [6, 6.07) is 49.4. The Hall–Kier alpha value is -6.30. The van der Waals surface area contributed by atoms with Gasteiger partial charge in [0.25, 0.3) is 0 Å². The fraction of sp³-hybridized carbons (Fsp3) is 0. The summed E-state index contributed by atoms with van der Waals surface area (Å²) in [7, 11) is 0. The second-order valence-corrected chi connectivity index (χ2v) is 13.4. The van der Waals surface area contributed by atoms with Crippen molar-refractivity contribution in [3.05, 3.63) is 158 Å². The molecule has 0 saturated heterocycles. The molecule has 5 heteroatoms.